The molecule has 0 aliphatic heterocycles. The zero-order valence-corrected chi connectivity index (χ0v) is 7.33. The van der Waals surface area contributed by atoms with Gasteiger partial charge < -0.3 is 10.7 Å². The number of H-pyrrole nitrogens is 1. The molecule has 0 radical (unpaired) electrons. The first kappa shape index (κ1) is 9.44. The molecule has 0 unspecified atom stereocenters. The molecule has 1 amide bonds. The summed E-state index contributed by atoms with van der Waals surface area (Å²) in [4.78, 5) is 28.1. The minimum absolute atomic E-state index is 0.174. The predicted octanol–water partition coefficient (Wildman–Crippen LogP) is -0.504. The Morgan fingerprint density at radius 3 is 2.92 bits per heavy atom. The lowest BCUT2D eigenvalue weighted by molar-refractivity contribution is -0.117. The van der Waals surface area contributed by atoms with Gasteiger partial charge >= 0.3 is 0 Å². The molecule has 0 aliphatic rings. The van der Waals surface area contributed by atoms with Crippen molar-refractivity contribution in [2.75, 3.05) is 0 Å². The Bertz CT molecular complexity index is 370. The van der Waals surface area contributed by atoms with Crippen molar-refractivity contribution in [3.63, 3.8) is 0 Å². The van der Waals surface area contributed by atoms with Crippen LogP contribution in [0.25, 0.3) is 0 Å². The highest BCUT2D eigenvalue weighted by Crippen LogP contribution is 1.93. The molecule has 1 aromatic rings. The first-order valence-electron chi connectivity index (χ1n) is 3.92. The number of hydrogen-bond acceptors (Lipinski definition) is 3. The van der Waals surface area contributed by atoms with Crippen molar-refractivity contribution in [1.29, 1.82) is 0 Å². The van der Waals surface area contributed by atoms with Crippen LogP contribution >= 0.6 is 0 Å². The molecule has 70 valence electrons. The molecule has 1 aromatic heterocycles. The molecule has 3 N–H and O–H groups in total. The van der Waals surface area contributed by atoms with Gasteiger partial charge in [-0.1, -0.05) is 0 Å². The number of rotatable bonds is 3. The normalized spacial score (nSPS) is 9.92. The third-order valence-electron chi connectivity index (χ3n) is 1.64. The fourth-order valence-electron chi connectivity index (χ4n) is 0.946. The SMILES string of the molecule is Cc1ncc(CCC(N)=O)c(=O)[nH]1. The van der Waals surface area contributed by atoms with Gasteiger partial charge in [0.25, 0.3) is 5.56 Å². The molecule has 5 heteroatoms. The first-order chi connectivity index (χ1) is 6.09. The van der Waals surface area contributed by atoms with Crippen LogP contribution in [0, 0.1) is 6.92 Å². The Hall–Kier alpha value is -1.65. The largest absolute Gasteiger partial charge is 0.370 e. The monoisotopic (exact) mass is 181 g/mol. The minimum atomic E-state index is -0.417. The van der Waals surface area contributed by atoms with Gasteiger partial charge in [0, 0.05) is 18.2 Å². The maximum absolute atomic E-state index is 11.2. The summed E-state index contributed by atoms with van der Waals surface area (Å²) >= 11 is 0. The van der Waals surface area contributed by atoms with E-state index in [9.17, 15) is 9.59 Å². The van der Waals surface area contributed by atoms with Gasteiger partial charge in [-0.15, -0.1) is 0 Å². The summed E-state index contributed by atoms with van der Waals surface area (Å²) in [6.45, 7) is 1.69. The lowest BCUT2D eigenvalue weighted by Crippen LogP contribution is -2.18. The Kier molecular flexibility index (Phi) is 2.79. The first-order valence-corrected chi connectivity index (χ1v) is 3.92. The predicted molar refractivity (Wildman–Crippen MR) is 47.1 cm³/mol. The Balaban J connectivity index is 2.78. The number of amides is 1. The van der Waals surface area contributed by atoms with Crippen molar-refractivity contribution in [3.05, 3.63) is 27.9 Å². The number of carbonyl (C=O) groups excluding carboxylic acids is 1. The molecule has 1 rings (SSSR count). The number of aromatic amines is 1. The zero-order valence-electron chi connectivity index (χ0n) is 7.33. The van der Waals surface area contributed by atoms with Gasteiger partial charge in [0.15, 0.2) is 0 Å². The number of nitrogens with one attached hydrogen (secondary N) is 1. The maximum Gasteiger partial charge on any atom is 0.254 e. The van der Waals surface area contributed by atoms with E-state index in [-0.39, 0.29) is 12.0 Å². The van der Waals surface area contributed by atoms with Gasteiger partial charge in [0.1, 0.15) is 5.82 Å². The molecule has 0 aromatic carbocycles. The van der Waals surface area contributed by atoms with Crippen LogP contribution in [0.15, 0.2) is 11.0 Å². The fourth-order valence-corrected chi connectivity index (χ4v) is 0.946. The summed E-state index contributed by atoms with van der Waals surface area (Å²) < 4.78 is 0. The fraction of sp³-hybridized carbons (Fsp3) is 0.375. The molecule has 0 aliphatic carbocycles. The van der Waals surface area contributed by atoms with E-state index in [1.807, 2.05) is 0 Å². The highest BCUT2D eigenvalue weighted by atomic mass is 16.1. The van der Waals surface area contributed by atoms with E-state index in [0.29, 0.717) is 17.8 Å². The van der Waals surface area contributed by atoms with Gasteiger partial charge in [-0.3, -0.25) is 9.59 Å². The van der Waals surface area contributed by atoms with Crippen LogP contribution in [0.1, 0.15) is 17.8 Å². The number of nitrogens with zero attached hydrogens (tertiary/aromatic N) is 1. The van der Waals surface area contributed by atoms with E-state index in [1.54, 1.807) is 6.92 Å². The van der Waals surface area contributed by atoms with Crippen molar-refractivity contribution in [3.8, 4) is 0 Å². The average Bonchev–Trinajstić information content (AvgIpc) is 2.02. The van der Waals surface area contributed by atoms with Crippen LogP contribution in [0.3, 0.4) is 0 Å². The van der Waals surface area contributed by atoms with E-state index in [0.717, 1.165) is 0 Å². The number of aromatic nitrogens is 2. The van der Waals surface area contributed by atoms with Gasteiger partial charge in [0.05, 0.1) is 0 Å². The molecule has 5 nitrogen and oxygen atoms in total. The lowest BCUT2D eigenvalue weighted by Gasteiger charge is -1.97. The van der Waals surface area contributed by atoms with Gasteiger partial charge in [-0.25, -0.2) is 4.98 Å². The molecule has 0 atom stereocenters. The summed E-state index contributed by atoms with van der Waals surface area (Å²) in [5.41, 5.74) is 5.24. The second kappa shape index (κ2) is 3.84. The standard InChI is InChI=1S/C8H11N3O2/c1-5-10-4-6(8(13)11-5)2-3-7(9)12/h4H,2-3H2,1H3,(H2,9,12)(H,10,11,13). The quantitative estimate of drug-likeness (QED) is 0.658. The van der Waals surface area contributed by atoms with E-state index >= 15 is 0 Å². The summed E-state index contributed by atoms with van der Waals surface area (Å²) in [6.07, 6.45) is 1.99. The van der Waals surface area contributed by atoms with Crippen molar-refractivity contribution in [2.45, 2.75) is 19.8 Å². The molecule has 1 heterocycles. The molecular formula is C8H11N3O2. The minimum Gasteiger partial charge on any atom is -0.370 e. The average molecular weight is 181 g/mol. The van der Waals surface area contributed by atoms with Crippen LogP contribution in [0.5, 0.6) is 0 Å². The number of nitrogens with two attached hydrogens (primary N) is 1. The molecule has 0 fully saturated rings. The summed E-state index contributed by atoms with van der Waals surface area (Å²) in [7, 11) is 0. The van der Waals surface area contributed by atoms with E-state index < -0.39 is 5.91 Å². The highest BCUT2D eigenvalue weighted by Gasteiger charge is 2.02. The van der Waals surface area contributed by atoms with Crippen LogP contribution in [-0.2, 0) is 11.2 Å². The Morgan fingerprint density at radius 1 is 1.69 bits per heavy atom. The van der Waals surface area contributed by atoms with Crippen LogP contribution in [0.4, 0.5) is 0 Å². The zero-order chi connectivity index (χ0) is 9.84. The molecule has 13 heavy (non-hydrogen) atoms. The highest BCUT2D eigenvalue weighted by molar-refractivity contribution is 5.73. The number of primary amides is 1. The van der Waals surface area contributed by atoms with Crippen molar-refractivity contribution in [1.82, 2.24) is 9.97 Å². The topological polar surface area (TPSA) is 88.8 Å². The Morgan fingerprint density at radius 2 is 2.38 bits per heavy atom. The summed E-state index contributed by atoms with van der Waals surface area (Å²) in [6, 6.07) is 0. The second-order valence-electron chi connectivity index (χ2n) is 2.79. The Labute approximate surface area is 75.0 Å². The van der Waals surface area contributed by atoms with E-state index in [4.69, 9.17) is 5.73 Å². The molecule has 0 saturated carbocycles. The molecule has 0 bridgehead atoms. The number of hydrogen-bond donors (Lipinski definition) is 2. The van der Waals surface area contributed by atoms with Crippen molar-refractivity contribution in [2.24, 2.45) is 5.73 Å². The molecular weight excluding hydrogens is 170 g/mol. The third-order valence-corrected chi connectivity index (χ3v) is 1.64. The van der Waals surface area contributed by atoms with Crippen LogP contribution in [0.2, 0.25) is 0 Å². The van der Waals surface area contributed by atoms with Crippen molar-refractivity contribution >= 4 is 5.91 Å². The molecule has 0 spiro atoms. The van der Waals surface area contributed by atoms with Gasteiger partial charge in [0.2, 0.25) is 5.91 Å². The van der Waals surface area contributed by atoms with Crippen molar-refractivity contribution < 1.29 is 4.79 Å². The summed E-state index contributed by atoms with van der Waals surface area (Å²) in [5, 5.41) is 0. The van der Waals surface area contributed by atoms with E-state index in [1.165, 1.54) is 6.20 Å². The number of carbonyl (C=O) groups is 1. The smallest absolute Gasteiger partial charge is 0.254 e. The van der Waals surface area contributed by atoms with E-state index in [2.05, 4.69) is 9.97 Å². The molecule has 0 saturated heterocycles. The van der Waals surface area contributed by atoms with Gasteiger partial charge in [-0.05, 0) is 13.3 Å². The maximum atomic E-state index is 11.2. The number of aryl methyl sites for hydroxylation is 2. The van der Waals surface area contributed by atoms with Crippen LogP contribution < -0.4 is 11.3 Å². The second-order valence-corrected chi connectivity index (χ2v) is 2.79. The third kappa shape index (κ3) is 2.70. The van der Waals surface area contributed by atoms with Gasteiger partial charge in [-0.2, -0.15) is 0 Å². The van der Waals surface area contributed by atoms with Crippen LogP contribution in [-0.4, -0.2) is 15.9 Å². The summed E-state index contributed by atoms with van der Waals surface area (Å²) in [5.74, 6) is 0.146. The lowest BCUT2D eigenvalue weighted by atomic mass is 10.2.